The molecule has 1 atom stereocenters. The lowest BCUT2D eigenvalue weighted by atomic mass is 10.1. The van der Waals surface area contributed by atoms with Crippen LogP contribution in [0.5, 0.6) is 0 Å². The second-order valence-corrected chi connectivity index (χ2v) is 6.88. The highest BCUT2D eigenvalue weighted by atomic mass is 32.1. The van der Waals surface area contributed by atoms with Crippen molar-refractivity contribution in [2.75, 3.05) is 18.0 Å². The Kier molecular flexibility index (Phi) is 3.92. The standard InChI is InChI=1S/C15H15N5OS2/c21-14(10-3-4-12-13(8-10)19-23-18-12)17-9-11-2-1-6-20(11)15-16-5-7-22-15/h3-5,7-8,11H,1-2,6,9H2,(H,17,21). The zero-order chi connectivity index (χ0) is 15.6. The monoisotopic (exact) mass is 345 g/mol. The lowest BCUT2D eigenvalue weighted by Crippen LogP contribution is -2.40. The van der Waals surface area contributed by atoms with Crippen molar-refractivity contribution in [2.24, 2.45) is 0 Å². The predicted molar refractivity (Wildman–Crippen MR) is 92.2 cm³/mol. The molecule has 0 saturated carbocycles. The van der Waals surface area contributed by atoms with E-state index in [1.807, 2.05) is 17.6 Å². The topological polar surface area (TPSA) is 71.0 Å². The molecule has 3 aromatic rings. The van der Waals surface area contributed by atoms with E-state index < -0.39 is 0 Å². The number of hydrogen-bond acceptors (Lipinski definition) is 7. The first-order valence-corrected chi connectivity index (χ1v) is 9.09. The van der Waals surface area contributed by atoms with Crippen LogP contribution in [-0.2, 0) is 0 Å². The number of amides is 1. The van der Waals surface area contributed by atoms with E-state index in [4.69, 9.17) is 0 Å². The Morgan fingerprint density at radius 1 is 1.35 bits per heavy atom. The molecular weight excluding hydrogens is 330 g/mol. The molecule has 3 heterocycles. The first kappa shape index (κ1) is 14.5. The highest BCUT2D eigenvalue weighted by Gasteiger charge is 2.26. The number of carbonyl (C=O) groups excluding carboxylic acids is 1. The first-order chi connectivity index (χ1) is 11.3. The minimum absolute atomic E-state index is 0.0640. The number of fused-ring (bicyclic) bond motifs is 1. The predicted octanol–water partition coefficient (Wildman–Crippen LogP) is 2.55. The van der Waals surface area contributed by atoms with Crippen LogP contribution < -0.4 is 10.2 Å². The number of hydrogen-bond donors (Lipinski definition) is 1. The number of anilines is 1. The molecule has 1 aliphatic rings. The van der Waals surface area contributed by atoms with E-state index in [1.165, 1.54) is 0 Å². The third-order valence-electron chi connectivity index (χ3n) is 4.06. The summed E-state index contributed by atoms with van der Waals surface area (Å²) in [5, 5.41) is 6.07. The molecule has 0 aliphatic carbocycles. The van der Waals surface area contributed by atoms with Gasteiger partial charge >= 0.3 is 0 Å². The molecule has 1 saturated heterocycles. The average molecular weight is 345 g/mol. The van der Waals surface area contributed by atoms with E-state index in [1.54, 1.807) is 23.5 Å². The lowest BCUT2D eigenvalue weighted by Gasteiger charge is -2.24. The van der Waals surface area contributed by atoms with Crippen molar-refractivity contribution in [1.29, 1.82) is 0 Å². The molecule has 1 amide bonds. The molecule has 1 unspecified atom stereocenters. The Morgan fingerprint density at radius 2 is 2.26 bits per heavy atom. The number of aromatic nitrogens is 3. The number of nitrogens with one attached hydrogen (secondary N) is 1. The Morgan fingerprint density at radius 3 is 3.13 bits per heavy atom. The van der Waals surface area contributed by atoms with Crippen LogP contribution in [0.3, 0.4) is 0 Å². The van der Waals surface area contributed by atoms with E-state index in [0.29, 0.717) is 18.2 Å². The minimum Gasteiger partial charge on any atom is -0.350 e. The maximum atomic E-state index is 12.4. The second-order valence-electron chi connectivity index (χ2n) is 5.48. The quantitative estimate of drug-likeness (QED) is 0.787. The molecule has 1 aromatic carbocycles. The molecule has 8 heteroatoms. The van der Waals surface area contributed by atoms with Crippen molar-refractivity contribution in [3.05, 3.63) is 35.3 Å². The van der Waals surface area contributed by atoms with Crippen molar-refractivity contribution < 1.29 is 4.79 Å². The summed E-state index contributed by atoms with van der Waals surface area (Å²) in [4.78, 5) is 19.0. The second kappa shape index (κ2) is 6.21. The Hall–Kier alpha value is -2.06. The van der Waals surface area contributed by atoms with Crippen LogP contribution in [0.2, 0.25) is 0 Å². The largest absolute Gasteiger partial charge is 0.350 e. The maximum absolute atomic E-state index is 12.4. The molecule has 1 fully saturated rings. The van der Waals surface area contributed by atoms with Crippen LogP contribution in [0.4, 0.5) is 5.13 Å². The fourth-order valence-electron chi connectivity index (χ4n) is 2.89. The van der Waals surface area contributed by atoms with Crippen LogP contribution in [0.1, 0.15) is 23.2 Å². The molecule has 4 rings (SSSR count). The van der Waals surface area contributed by atoms with E-state index in [9.17, 15) is 4.79 Å². The van der Waals surface area contributed by atoms with Gasteiger partial charge in [-0.3, -0.25) is 4.79 Å². The molecule has 1 aliphatic heterocycles. The number of thiazole rings is 1. The molecule has 1 N–H and O–H groups in total. The molecule has 0 radical (unpaired) electrons. The zero-order valence-electron chi connectivity index (χ0n) is 12.3. The van der Waals surface area contributed by atoms with Gasteiger partial charge in [-0.1, -0.05) is 0 Å². The lowest BCUT2D eigenvalue weighted by molar-refractivity contribution is 0.0951. The van der Waals surface area contributed by atoms with Crippen molar-refractivity contribution in [3.63, 3.8) is 0 Å². The van der Waals surface area contributed by atoms with Gasteiger partial charge in [0, 0.05) is 36.3 Å². The van der Waals surface area contributed by atoms with Gasteiger partial charge < -0.3 is 10.2 Å². The summed E-state index contributed by atoms with van der Waals surface area (Å²) in [7, 11) is 0. The van der Waals surface area contributed by atoms with Crippen molar-refractivity contribution in [3.8, 4) is 0 Å². The van der Waals surface area contributed by atoms with Gasteiger partial charge in [0.2, 0.25) is 0 Å². The van der Waals surface area contributed by atoms with E-state index in [-0.39, 0.29) is 5.91 Å². The van der Waals surface area contributed by atoms with Crippen LogP contribution in [-0.4, -0.2) is 38.8 Å². The Labute approximate surface area is 141 Å². The summed E-state index contributed by atoms with van der Waals surface area (Å²) >= 11 is 2.81. The van der Waals surface area contributed by atoms with E-state index in [0.717, 1.165) is 47.3 Å². The Bertz CT molecular complexity index is 816. The first-order valence-electron chi connectivity index (χ1n) is 7.48. The summed E-state index contributed by atoms with van der Waals surface area (Å²) in [5.74, 6) is -0.0640. The highest BCUT2D eigenvalue weighted by molar-refractivity contribution is 7.13. The van der Waals surface area contributed by atoms with Crippen LogP contribution in [0, 0.1) is 0 Å². The summed E-state index contributed by atoms with van der Waals surface area (Å²) in [5.41, 5.74) is 2.23. The van der Waals surface area contributed by atoms with E-state index >= 15 is 0 Å². The van der Waals surface area contributed by atoms with Crippen LogP contribution in [0.25, 0.3) is 11.0 Å². The number of rotatable bonds is 4. The summed E-state index contributed by atoms with van der Waals surface area (Å²) < 4.78 is 8.33. The molecule has 23 heavy (non-hydrogen) atoms. The zero-order valence-corrected chi connectivity index (χ0v) is 13.9. The SMILES string of the molecule is O=C(NCC1CCCN1c1nccs1)c1ccc2nsnc2c1. The van der Waals surface area contributed by atoms with Crippen LogP contribution in [0.15, 0.2) is 29.8 Å². The fourth-order valence-corrected chi connectivity index (χ4v) is 4.15. The third-order valence-corrected chi connectivity index (χ3v) is 5.42. The van der Waals surface area contributed by atoms with Crippen molar-refractivity contribution >= 4 is 45.1 Å². The van der Waals surface area contributed by atoms with Gasteiger partial charge in [-0.15, -0.1) is 11.3 Å². The fraction of sp³-hybridized carbons (Fsp3) is 0.333. The van der Waals surface area contributed by atoms with Gasteiger partial charge in [-0.25, -0.2) is 4.98 Å². The van der Waals surface area contributed by atoms with Crippen molar-refractivity contribution in [2.45, 2.75) is 18.9 Å². The summed E-state index contributed by atoms with van der Waals surface area (Å²) in [6.07, 6.45) is 4.04. The molecule has 2 aromatic heterocycles. The number of benzene rings is 1. The molecule has 6 nitrogen and oxygen atoms in total. The van der Waals surface area contributed by atoms with Gasteiger partial charge in [0.25, 0.3) is 5.91 Å². The Balaban J connectivity index is 1.42. The molecular formula is C15H15N5OS2. The van der Waals surface area contributed by atoms with Gasteiger partial charge in [-0.05, 0) is 31.0 Å². The summed E-state index contributed by atoms with van der Waals surface area (Å²) in [6, 6.07) is 5.74. The van der Waals surface area contributed by atoms with Gasteiger partial charge in [-0.2, -0.15) is 8.75 Å². The smallest absolute Gasteiger partial charge is 0.251 e. The van der Waals surface area contributed by atoms with Crippen LogP contribution >= 0.6 is 23.1 Å². The number of carbonyl (C=O) groups is 1. The minimum atomic E-state index is -0.0640. The summed E-state index contributed by atoms with van der Waals surface area (Å²) in [6.45, 7) is 1.64. The highest BCUT2D eigenvalue weighted by Crippen LogP contribution is 2.26. The van der Waals surface area contributed by atoms with E-state index in [2.05, 4.69) is 23.9 Å². The molecule has 0 spiro atoms. The third kappa shape index (κ3) is 2.91. The maximum Gasteiger partial charge on any atom is 0.251 e. The van der Waals surface area contributed by atoms with Gasteiger partial charge in [0.05, 0.1) is 11.7 Å². The normalized spacial score (nSPS) is 17.7. The van der Waals surface area contributed by atoms with Crippen molar-refractivity contribution in [1.82, 2.24) is 19.0 Å². The van der Waals surface area contributed by atoms with Gasteiger partial charge in [0.1, 0.15) is 11.0 Å². The average Bonchev–Trinajstić information content (AvgIpc) is 3.31. The molecule has 118 valence electrons. The molecule has 0 bridgehead atoms. The van der Waals surface area contributed by atoms with Gasteiger partial charge in [0.15, 0.2) is 5.13 Å². The number of nitrogens with zero attached hydrogens (tertiary/aromatic N) is 4.